The summed E-state index contributed by atoms with van der Waals surface area (Å²) in [4.78, 5) is 17.2. The van der Waals surface area contributed by atoms with Crippen molar-refractivity contribution in [1.82, 2.24) is 14.8 Å². The predicted molar refractivity (Wildman–Crippen MR) is 111 cm³/mol. The van der Waals surface area contributed by atoms with Gasteiger partial charge in [-0.1, -0.05) is 18.2 Å². The summed E-state index contributed by atoms with van der Waals surface area (Å²) in [5.41, 5.74) is 4.31. The van der Waals surface area contributed by atoms with E-state index in [9.17, 15) is 9.18 Å². The molecule has 0 spiro atoms. The van der Waals surface area contributed by atoms with Crippen LogP contribution in [0.3, 0.4) is 0 Å². The lowest BCUT2D eigenvalue weighted by molar-refractivity contribution is 0.0459. The molecule has 7 heteroatoms. The van der Waals surface area contributed by atoms with Crippen LogP contribution in [0.4, 0.5) is 4.39 Å². The Kier molecular flexibility index (Phi) is 5.08. The first-order valence-electron chi connectivity index (χ1n) is 10.2. The SMILES string of the molecule is O=C(OCc1coc(-c2ccccc2)n1)c1nn(-c2ccc(F)cc2)c2c1CCCC2. The van der Waals surface area contributed by atoms with Crippen LogP contribution in [-0.2, 0) is 24.2 Å². The molecule has 0 radical (unpaired) electrons. The van der Waals surface area contributed by atoms with Gasteiger partial charge in [0.15, 0.2) is 5.69 Å². The fourth-order valence-corrected chi connectivity index (χ4v) is 3.85. The molecular formula is C24H20FN3O3. The first-order chi connectivity index (χ1) is 15.2. The van der Waals surface area contributed by atoms with Gasteiger partial charge < -0.3 is 9.15 Å². The minimum atomic E-state index is -0.497. The Labute approximate surface area is 178 Å². The predicted octanol–water partition coefficient (Wildman–Crippen LogP) is 4.90. The van der Waals surface area contributed by atoms with Crippen molar-refractivity contribution in [3.05, 3.63) is 89.3 Å². The second-order valence-electron chi connectivity index (χ2n) is 7.46. The van der Waals surface area contributed by atoms with Crippen LogP contribution >= 0.6 is 0 Å². The Bertz CT molecular complexity index is 1210. The summed E-state index contributed by atoms with van der Waals surface area (Å²) in [6, 6.07) is 15.6. The van der Waals surface area contributed by atoms with E-state index in [1.54, 1.807) is 16.8 Å². The third kappa shape index (κ3) is 3.86. The number of halogens is 1. The molecule has 0 saturated heterocycles. The summed E-state index contributed by atoms with van der Waals surface area (Å²) in [7, 11) is 0. The van der Waals surface area contributed by atoms with Crippen LogP contribution in [0.2, 0.25) is 0 Å². The van der Waals surface area contributed by atoms with E-state index in [2.05, 4.69) is 10.1 Å². The number of benzene rings is 2. The van der Waals surface area contributed by atoms with E-state index < -0.39 is 5.97 Å². The number of carbonyl (C=O) groups is 1. The van der Waals surface area contributed by atoms with Gasteiger partial charge >= 0.3 is 5.97 Å². The molecule has 1 aliphatic rings. The molecule has 0 N–H and O–H groups in total. The molecule has 0 aliphatic heterocycles. The normalized spacial score (nSPS) is 13.1. The van der Waals surface area contributed by atoms with E-state index in [-0.39, 0.29) is 12.4 Å². The van der Waals surface area contributed by atoms with Crippen LogP contribution in [0.25, 0.3) is 17.1 Å². The van der Waals surface area contributed by atoms with Gasteiger partial charge in [0.2, 0.25) is 5.89 Å². The van der Waals surface area contributed by atoms with Gasteiger partial charge in [0, 0.05) is 16.8 Å². The van der Waals surface area contributed by atoms with Gasteiger partial charge in [-0.3, -0.25) is 0 Å². The summed E-state index contributed by atoms with van der Waals surface area (Å²) in [6.45, 7) is -0.00660. The van der Waals surface area contributed by atoms with Crippen LogP contribution in [0.15, 0.2) is 65.3 Å². The molecule has 0 unspecified atom stereocenters. The zero-order valence-electron chi connectivity index (χ0n) is 16.8. The molecule has 1 aliphatic carbocycles. The van der Waals surface area contributed by atoms with E-state index in [0.29, 0.717) is 17.3 Å². The summed E-state index contributed by atoms with van der Waals surface area (Å²) in [6.07, 6.45) is 5.09. The Hall–Kier alpha value is -3.74. The van der Waals surface area contributed by atoms with Crippen molar-refractivity contribution in [2.75, 3.05) is 0 Å². The summed E-state index contributed by atoms with van der Waals surface area (Å²) >= 11 is 0. The van der Waals surface area contributed by atoms with E-state index in [4.69, 9.17) is 9.15 Å². The fourth-order valence-electron chi connectivity index (χ4n) is 3.85. The van der Waals surface area contributed by atoms with Crippen molar-refractivity contribution in [3.8, 4) is 17.1 Å². The Morgan fingerprint density at radius 3 is 2.65 bits per heavy atom. The number of carbonyl (C=O) groups excluding carboxylic acids is 1. The summed E-state index contributed by atoms with van der Waals surface area (Å²) in [5, 5.41) is 4.53. The van der Waals surface area contributed by atoms with Crippen molar-refractivity contribution >= 4 is 5.97 Å². The number of rotatable bonds is 5. The highest BCUT2D eigenvalue weighted by Gasteiger charge is 2.26. The first kappa shape index (κ1) is 19.2. The Morgan fingerprint density at radius 1 is 1.06 bits per heavy atom. The number of fused-ring (bicyclic) bond motifs is 1. The summed E-state index contributed by atoms with van der Waals surface area (Å²) < 4.78 is 26.1. The monoisotopic (exact) mass is 417 g/mol. The molecular weight excluding hydrogens is 397 g/mol. The maximum absolute atomic E-state index is 13.3. The molecule has 0 fully saturated rings. The highest BCUT2D eigenvalue weighted by atomic mass is 19.1. The molecule has 4 aromatic rings. The van der Waals surface area contributed by atoms with E-state index >= 15 is 0 Å². The van der Waals surface area contributed by atoms with E-state index in [0.717, 1.165) is 48.2 Å². The number of hydrogen-bond acceptors (Lipinski definition) is 5. The average molecular weight is 417 g/mol. The summed E-state index contributed by atoms with van der Waals surface area (Å²) in [5.74, 6) is -0.334. The van der Waals surface area contributed by atoms with Crippen molar-refractivity contribution in [2.24, 2.45) is 0 Å². The largest absolute Gasteiger partial charge is 0.454 e. The van der Waals surface area contributed by atoms with Gasteiger partial charge in [-0.15, -0.1) is 0 Å². The standard InChI is InChI=1S/C24H20FN3O3/c25-17-10-12-19(13-11-17)28-21-9-5-4-8-20(21)22(27-28)24(29)31-15-18-14-30-23(26-18)16-6-2-1-3-7-16/h1-3,6-7,10-14H,4-5,8-9,15H2. The van der Waals surface area contributed by atoms with E-state index in [1.165, 1.54) is 18.4 Å². The lowest BCUT2D eigenvalue weighted by atomic mass is 9.95. The molecule has 0 saturated carbocycles. The van der Waals surface area contributed by atoms with Gasteiger partial charge in [-0.2, -0.15) is 5.10 Å². The second-order valence-corrected chi connectivity index (χ2v) is 7.46. The lowest BCUT2D eigenvalue weighted by Gasteiger charge is -2.14. The van der Waals surface area contributed by atoms with Gasteiger partial charge in [-0.05, 0) is 62.1 Å². The molecule has 156 valence electrons. The molecule has 0 amide bonds. The minimum absolute atomic E-state index is 0.00660. The van der Waals surface area contributed by atoms with E-state index in [1.807, 2.05) is 30.3 Å². The first-order valence-corrected chi connectivity index (χ1v) is 10.2. The number of esters is 1. The number of aromatic nitrogens is 3. The zero-order chi connectivity index (χ0) is 21.2. The van der Waals surface area contributed by atoms with Crippen molar-refractivity contribution in [1.29, 1.82) is 0 Å². The minimum Gasteiger partial charge on any atom is -0.454 e. The quantitative estimate of drug-likeness (QED) is 0.432. The average Bonchev–Trinajstić information content (AvgIpc) is 3.44. The third-order valence-electron chi connectivity index (χ3n) is 5.37. The van der Waals surface area contributed by atoms with Crippen molar-refractivity contribution in [2.45, 2.75) is 32.3 Å². The Morgan fingerprint density at radius 2 is 1.84 bits per heavy atom. The fraction of sp³-hybridized carbons (Fsp3) is 0.208. The maximum Gasteiger partial charge on any atom is 0.359 e. The van der Waals surface area contributed by atoms with Gasteiger partial charge in [0.05, 0.1) is 5.69 Å². The molecule has 2 aromatic heterocycles. The van der Waals surface area contributed by atoms with Crippen molar-refractivity contribution in [3.63, 3.8) is 0 Å². The maximum atomic E-state index is 13.3. The molecule has 5 rings (SSSR count). The molecule has 31 heavy (non-hydrogen) atoms. The van der Waals surface area contributed by atoms with Crippen LogP contribution < -0.4 is 0 Å². The smallest absolute Gasteiger partial charge is 0.359 e. The van der Waals surface area contributed by atoms with Crippen LogP contribution in [-0.4, -0.2) is 20.7 Å². The third-order valence-corrected chi connectivity index (χ3v) is 5.37. The van der Waals surface area contributed by atoms with Gasteiger partial charge in [-0.25, -0.2) is 18.9 Å². The number of hydrogen-bond donors (Lipinski definition) is 0. The van der Waals surface area contributed by atoms with Crippen LogP contribution in [0.1, 0.15) is 40.3 Å². The lowest BCUT2D eigenvalue weighted by Crippen LogP contribution is -2.10. The molecule has 6 nitrogen and oxygen atoms in total. The van der Waals surface area contributed by atoms with Crippen molar-refractivity contribution < 1.29 is 18.3 Å². The number of ether oxygens (including phenoxy) is 1. The number of nitrogens with zero attached hydrogens (tertiary/aromatic N) is 3. The molecule has 0 bridgehead atoms. The van der Waals surface area contributed by atoms with Gasteiger partial charge in [0.25, 0.3) is 0 Å². The van der Waals surface area contributed by atoms with Crippen LogP contribution in [0.5, 0.6) is 0 Å². The van der Waals surface area contributed by atoms with Crippen LogP contribution in [0, 0.1) is 5.82 Å². The highest BCUT2D eigenvalue weighted by Crippen LogP contribution is 2.28. The van der Waals surface area contributed by atoms with Gasteiger partial charge in [0.1, 0.15) is 24.4 Å². The zero-order valence-corrected chi connectivity index (χ0v) is 16.8. The number of oxazole rings is 1. The molecule has 2 heterocycles. The second kappa shape index (κ2) is 8.18. The highest BCUT2D eigenvalue weighted by molar-refractivity contribution is 5.89. The Balaban J connectivity index is 1.36. The topological polar surface area (TPSA) is 70.2 Å². The molecule has 0 atom stereocenters. The molecule has 2 aromatic carbocycles.